The van der Waals surface area contributed by atoms with Crippen LogP contribution < -0.4 is 10.4 Å². The van der Waals surface area contributed by atoms with Gasteiger partial charge in [-0.1, -0.05) is 117 Å². The minimum Gasteiger partial charge on any atom is -0.399 e. The molecule has 0 saturated carbocycles. The van der Waals surface area contributed by atoms with E-state index < -0.39 is 60.0 Å². The molecular weight excluding hydrogens is 705 g/mol. The van der Waals surface area contributed by atoms with Gasteiger partial charge in [0.25, 0.3) is 0 Å². The molecule has 0 spiro atoms. The van der Waals surface area contributed by atoms with E-state index in [0.29, 0.717) is 0 Å². The van der Waals surface area contributed by atoms with Crippen LogP contribution in [-0.2, 0) is 39.8 Å². The first-order valence-corrected chi connectivity index (χ1v) is 40.8. The Hall–Kier alpha value is -0.185. The molecule has 0 aromatic heterocycles. The van der Waals surface area contributed by atoms with Gasteiger partial charge in [0.2, 0.25) is 0 Å². The third-order valence-electron chi connectivity index (χ3n) is 11.1. The smallest absolute Gasteiger partial charge is 0.399 e. The van der Waals surface area contributed by atoms with Crippen LogP contribution in [0.4, 0.5) is 0 Å². The summed E-state index contributed by atoms with van der Waals surface area (Å²) in [4.78, 5) is 0. The van der Waals surface area contributed by atoms with Gasteiger partial charge in [0.05, 0.1) is 0 Å². The fourth-order valence-corrected chi connectivity index (χ4v) is 192. The average Bonchev–Trinajstić information content (AvgIpc) is 3.04. The highest BCUT2D eigenvalue weighted by Gasteiger charge is 2.94. The van der Waals surface area contributed by atoms with Crippen molar-refractivity contribution in [3.05, 3.63) is 60.7 Å². The highest BCUT2D eigenvalue weighted by molar-refractivity contribution is 8.03. The summed E-state index contributed by atoms with van der Waals surface area (Å²) in [6, 6.07) is 21.8. The maximum absolute atomic E-state index is 7.23. The Kier molecular flexibility index (Phi) is 13.8. The molecule has 256 valence electrons. The lowest BCUT2D eigenvalue weighted by Gasteiger charge is -2.63. The van der Waals surface area contributed by atoms with Gasteiger partial charge in [0.15, 0.2) is 7.11 Å². The second-order valence-electron chi connectivity index (χ2n) is 13.2. The fraction of sp³-hybridized carbons (Fsp3) is 0.571. The summed E-state index contributed by atoms with van der Waals surface area (Å²) < 4.78 is 60.4. The summed E-state index contributed by atoms with van der Waals surface area (Å²) in [6.45, 7) is 18.0. The summed E-state index contributed by atoms with van der Waals surface area (Å²) in [5.74, 6) is 0. The predicted molar refractivity (Wildman–Crippen MR) is 202 cm³/mol. The van der Waals surface area contributed by atoms with E-state index in [4.69, 9.17) is 39.8 Å². The first kappa shape index (κ1) is 41.0. The summed E-state index contributed by atoms with van der Waals surface area (Å²) >= 11 is 0. The van der Waals surface area contributed by atoms with Crippen LogP contribution in [0, 0.1) is 0 Å². The molecule has 0 aliphatic heterocycles. The van der Waals surface area contributed by atoms with E-state index in [-0.39, 0.29) is 0 Å². The van der Waals surface area contributed by atoms with E-state index in [2.05, 4.69) is 106 Å². The van der Waals surface area contributed by atoms with Gasteiger partial charge in [-0.3, -0.25) is 0 Å². The molecule has 0 atom stereocenters. The highest BCUT2D eigenvalue weighted by Crippen LogP contribution is 2.47. The first-order chi connectivity index (χ1) is 21.0. The van der Waals surface area contributed by atoms with Gasteiger partial charge in [-0.2, -0.15) is 0 Å². The lowest BCUT2D eigenvalue weighted by Crippen LogP contribution is -3.05. The zero-order valence-electron chi connectivity index (χ0n) is 30.4. The molecular formula is C28H58O9Si8. The Morgan fingerprint density at radius 1 is 0.356 bits per heavy atom. The van der Waals surface area contributed by atoms with E-state index >= 15 is 0 Å². The van der Waals surface area contributed by atoms with Crippen LogP contribution in [0.2, 0.25) is 45.8 Å². The maximum Gasteiger partial charge on any atom is 0.540 e. The topological polar surface area (TPSA) is 83.1 Å². The van der Waals surface area contributed by atoms with Crippen LogP contribution in [0.3, 0.4) is 0 Å². The van der Waals surface area contributed by atoms with E-state index in [9.17, 15) is 0 Å². The SMILES string of the molecule is CO[Si](OC)(OC)[Si](OC)(OC)[Si](OC)(OC)[Si](OC)(OC)[Si](c1ccccc1)(c1ccccc1)[Si](C)(C)[Si](C)(C)[Si](C)(C)C. The largest absolute Gasteiger partial charge is 0.540 e. The fourth-order valence-electron chi connectivity index (χ4n) is 7.66. The minimum atomic E-state index is -4.04. The molecule has 17 heteroatoms. The van der Waals surface area contributed by atoms with Crippen LogP contribution in [0.1, 0.15) is 0 Å². The predicted octanol–water partition coefficient (Wildman–Crippen LogP) is 3.64. The summed E-state index contributed by atoms with van der Waals surface area (Å²) in [5.41, 5.74) is 0. The molecule has 0 unspecified atom stereocenters. The molecule has 2 aromatic carbocycles. The van der Waals surface area contributed by atoms with Crippen molar-refractivity contribution in [1.82, 2.24) is 0 Å². The van der Waals surface area contributed by atoms with Crippen molar-refractivity contribution in [2.45, 2.75) is 45.8 Å². The molecule has 0 amide bonds. The van der Waals surface area contributed by atoms with Gasteiger partial charge in [-0.05, 0) is 0 Å². The molecule has 0 fully saturated rings. The van der Waals surface area contributed by atoms with Crippen LogP contribution in [0.5, 0.6) is 0 Å². The molecule has 2 rings (SSSR count). The van der Waals surface area contributed by atoms with Crippen LogP contribution >= 0.6 is 0 Å². The Morgan fingerprint density at radius 2 is 0.667 bits per heavy atom. The molecule has 0 aliphatic carbocycles. The molecule has 0 aliphatic rings. The van der Waals surface area contributed by atoms with E-state index in [1.54, 1.807) is 64.0 Å². The average molecular weight is 763 g/mol. The summed E-state index contributed by atoms with van der Waals surface area (Å²) in [6.07, 6.45) is 0. The van der Waals surface area contributed by atoms with Gasteiger partial charge < -0.3 is 39.8 Å². The minimum absolute atomic E-state index is 1.25. The van der Waals surface area contributed by atoms with Crippen molar-refractivity contribution >= 4 is 70.4 Å². The second-order valence-corrected chi connectivity index (χ2v) is 82.1. The van der Waals surface area contributed by atoms with Crippen LogP contribution in [-0.4, -0.2) is 124 Å². The summed E-state index contributed by atoms with van der Waals surface area (Å²) in [7, 11) is -10.4. The van der Waals surface area contributed by atoms with Crippen molar-refractivity contribution in [2.24, 2.45) is 0 Å². The van der Waals surface area contributed by atoms with E-state index in [1.807, 2.05) is 0 Å². The molecule has 0 saturated heterocycles. The third-order valence-corrected chi connectivity index (χ3v) is 139. The normalized spacial score (nSPS) is 14.6. The quantitative estimate of drug-likeness (QED) is 0.212. The molecule has 2 aromatic rings. The van der Waals surface area contributed by atoms with Crippen molar-refractivity contribution in [1.29, 1.82) is 0 Å². The zero-order valence-corrected chi connectivity index (χ0v) is 38.4. The van der Waals surface area contributed by atoms with Crippen molar-refractivity contribution in [2.75, 3.05) is 64.0 Å². The molecule has 0 heterocycles. The van der Waals surface area contributed by atoms with E-state index in [1.165, 1.54) is 10.4 Å². The Balaban J connectivity index is 3.60. The summed E-state index contributed by atoms with van der Waals surface area (Å²) in [5, 5.41) is 2.50. The third kappa shape index (κ3) is 5.52. The molecule has 45 heavy (non-hydrogen) atoms. The monoisotopic (exact) mass is 762 g/mol. The van der Waals surface area contributed by atoms with Gasteiger partial charge >= 0.3 is 31.1 Å². The Morgan fingerprint density at radius 3 is 0.911 bits per heavy atom. The van der Waals surface area contributed by atoms with Gasteiger partial charge in [-0.25, -0.2) is 0 Å². The molecule has 9 nitrogen and oxygen atoms in total. The first-order valence-electron chi connectivity index (χ1n) is 15.1. The van der Waals surface area contributed by atoms with Crippen LogP contribution in [0.15, 0.2) is 60.7 Å². The second kappa shape index (κ2) is 15.1. The van der Waals surface area contributed by atoms with Gasteiger partial charge in [-0.15, -0.1) is 0 Å². The number of rotatable bonds is 18. The molecule has 0 radical (unpaired) electrons. The zero-order chi connectivity index (χ0) is 34.6. The van der Waals surface area contributed by atoms with Gasteiger partial charge in [0, 0.05) is 85.8 Å². The number of benzene rings is 2. The molecule has 0 N–H and O–H groups in total. The van der Waals surface area contributed by atoms with Gasteiger partial charge in [0.1, 0.15) is 0 Å². The highest BCUT2D eigenvalue weighted by atomic mass is 30.1. The maximum atomic E-state index is 7.23. The number of hydrogen-bond acceptors (Lipinski definition) is 9. The lowest BCUT2D eigenvalue weighted by atomic mass is 10.4. The number of hydrogen-bond donors (Lipinski definition) is 0. The van der Waals surface area contributed by atoms with Crippen LogP contribution in [0.25, 0.3) is 0 Å². The Labute approximate surface area is 279 Å². The standard InChI is InChI=1S/C28H58O9Si8/c1-29-42(30-2,31-3)44(34-6,35-7)45(36-8,37-9)43(32-4,33-5)41(27-23-19-17-20-24-27,28-25-21-18-22-26-28)40(15,16)39(13,14)38(10,11)12/h17-26H,1-16H3. The van der Waals surface area contributed by atoms with Crippen molar-refractivity contribution in [3.8, 4) is 0 Å². The molecule has 0 bridgehead atoms. The lowest BCUT2D eigenvalue weighted by molar-refractivity contribution is 0.114. The van der Waals surface area contributed by atoms with E-state index in [0.717, 1.165) is 0 Å². The van der Waals surface area contributed by atoms with Crippen molar-refractivity contribution in [3.63, 3.8) is 0 Å². The Bertz CT molecular complexity index is 1150. The van der Waals surface area contributed by atoms with Crippen molar-refractivity contribution < 1.29 is 39.8 Å².